The summed E-state index contributed by atoms with van der Waals surface area (Å²) in [6, 6.07) is 8.06. The lowest BCUT2D eigenvalue weighted by molar-refractivity contribution is -0.143. The molecule has 0 aliphatic carbocycles. The molecule has 7 heteroatoms. The molecule has 0 bridgehead atoms. The zero-order valence-electron chi connectivity index (χ0n) is 13.4. The third-order valence-electron chi connectivity index (χ3n) is 4.15. The van der Waals surface area contributed by atoms with Crippen LogP contribution in [0.1, 0.15) is 18.4 Å². The predicted molar refractivity (Wildman–Crippen MR) is 95.3 cm³/mol. The number of ether oxygens (including phenoxy) is 1. The van der Waals surface area contributed by atoms with Crippen molar-refractivity contribution in [2.24, 2.45) is 0 Å². The van der Waals surface area contributed by atoms with Crippen molar-refractivity contribution < 1.29 is 14.3 Å². The summed E-state index contributed by atoms with van der Waals surface area (Å²) in [7, 11) is 1.28. The van der Waals surface area contributed by atoms with Gasteiger partial charge in [0.1, 0.15) is 12.2 Å². The van der Waals surface area contributed by atoms with Gasteiger partial charge >= 0.3 is 5.97 Å². The monoisotopic (exact) mass is 345 g/mol. The summed E-state index contributed by atoms with van der Waals surface area (Å²) in [6.07, 6.45) is 4.20. The van der Waals surface area contributed by atoms with Gasteiger partial charge in [0.25, 0.3) is 5.91 Å². The van der Waals surface area contributed by atoms with E-state index in [1.54, 1.807) is 6.08 Å². The standard InChI is InChI=1S/C17H19N3O3S/c1-23-15(21)11-20-16(22)14(18-17(20)24)10-12-4-6-13(7-5-12)19-8-2-3-9-19/h4-7,10H,2-3,8-9,11H2,1H3,(H,18,24)/b14-10-. The molecule has 1 aromatic rings. The number of rotatable bonds is 4. The summed E-state index contributed by atoms with van der Waals surface area (Å²) < 4.78 is 4.58. The number of hydrogen-bond donors (Lipinski definition) is 1. The molecule has 6 nitrogen and oxygen atoms in total. The maximum atomic E-state index is 12.3. The summed E-state index contributed by atoms with van der Waals surface area (Å²) in [5.41, 5.74) is 2.46. The van der Waals surface area contributed by atoms with Crippen molar-refractivity contribution in [3.05, 3.63) is 35.5 Å². The molecule has 3 rings (SSSR count). The number of carbonyl (C=O) groups is 2. The highest BCUT2D eigenvalue weighted by molar-refractivity contribution is 7.80. The van der Waals surface area contributed by atoms with Gasteiger partial charge < -0.3 is 15.0 Å². The Morgan fingerprint density at radius 1 is 1.29 bits per heavy atom. The third-order valence-corrected chi connectivity index (χ3v) is 4.47. The number of thiocarbonyl (C=S) groups is 1. The average Bonchev–Trinajstić information content (AvgIpc) is 3.20. The van der Waals surface area contributed by atoms with E-state index in [2.05, 4.69) is 27.1 Å². The van der Waals surface area contributed by atoms with Gasteiger partial charge in [-0.3, -0.25) is 14.5 Å². The van der Waals surface area contributed by atoms with Gasteiger partial charge in [-0.2, -0.15) is 0 Å². The quantitative estimate of drug-likeness (QED) is 0.507. The molecule has 24 heavy (non-hydrogen) atoms. The first kappa shape index (κ1) is 16.4. The van der Waals surface area contributed by atoms with Gasteiger partial charge in [0.05, 0.1) is 7.11 Å². The number of nitrogens with zero attached hydrogens (tertiary/aromatic N) is 2. The first-order chi connectivity index (χ1) is 11.6. The van der Waals surface area contributed by atoms with Crippen LogP contribution in [0.15, 0.2) is 30.0 Å². The number of nitrogens with one attached hydrogen (secondary N) is 1. The summed E-state index contributed by atoms with van der Waals surface area (Å²) in [5, 5.41) is 3.07. The maximum absolute atomic E-state index is 12.3. The Morgan fingerprint density at radius 2 is 1.96 bits per heavy atom. The fraction of sp³-hybridized carbons (Fsp3) is 0.353. The van der Waals surface area contributed by atoms with Crippen LogP contribution in [0.2, 0.25) is 0 Å². The Hall–Kier alpha value is -2.41. The molecule has 126 valence electrons. The minimum atomic E-state index is -0.510. The highest BCUT2D eigenvalue weighted by Crippen LogP contribution is 2.22. The number of anilines is 1. The second-order valence-electron chi connectivity index (χ2n) is 5.74. The Kier molecular flexibility index (Phi) is 4.80. The van der Waals surface area contributed by atoms with Crippen LogP contribution >= 0.6 is 12.2 Å². The van der Waals surface area contributed by atoms with Gasteiger partial charge in [-0.15, -0.1) is 0 Å². The van der Waals surface area contributed by atoms with Crippen LogP contribution < -0.4 is 10.2 Å². The smallest absolute Gasteiger partial charge is 0.325 e. The van der Waals surface area contributed by atoms with Crippen LogP contribution in [-0.2, 0) is 14.3 Å². The summed E-state index contributed by atoms with van der Waals surface area (Å²) in [6.45, 7) is 2.00. The fourth-order valence-corrected chi connectivity index (χ4v) is 3.09. The molecule has 1 N–H and O–H groups in total. The number of hydrogen-bond acceptors (Lipinski definition) is 5. The van der Waals surface area contributed by atoms with Crippen molar-refractivity contribution in [3.63, 3.8) is 0 Å². The lowest BCUT2D eigenvalue weighted by atomic mass is 10.1. The molecular weight excluding hydrogens is 326 g/mol. The van der Waals surface area contributed by atoms with Crippen molar-refractivity contribution in [3.8, 4) is 0 Å². The van der Waals surface area contributed by atoms with Crippen molar-refractivity contribution in [1.82, 2.24) is 10.2 Å². The topological polar surface area (TPSA) is 61.9 Å². The highest BCUT2D eigenvalue weighted by atomic mass is 32.1. The van der Waals surface area contributed by atoms with Crippen molar-refractivity contribution in [1.29, 1.82) is 0 Å². The summed E-state index contributed by atoms with van der Waals surface area (Å²) in [5.74, 6) is -0.835. The SMILES string of the molecule is COC(=O)CN1C(=O)/C(=C/c2ccc(N3CCCC3)cc2)NC1=S. The zero-order chi connectivity index (χ0) is 17.1. The van der Waals surface area contributed by atoms with Gasteiger partial charge in [-0.25, -0.2) is 0 Å². The van der Waals surface area contributed by atoms with Crippen molar-refractivity contribution in [2.75, 3.05) is 31.6 Å². The van der Waals surface area contributed by atoms with E-state index in [1.165, 1.54) is 30.5 Å². The van der Waals surface area contributed by atoms with Crippen LogP contribution in [0.25, 0.3) is 6.08 Å². The largest absolute Gasteiger partial charge is 0.468 e. The van der Waals surface area contributed by atoms with E-state index in [0.717, 1.165) is 18.7 Å². The summed E-state index contributed by atoms with van der Waals surface area (Å²) >= 11 is 5.11. The minimum Gasteiger partial charge on any atom is -0.468 e. The normalized spacial score (nSPS) is 19.1. The molecular formula is C17H19N3O3S. The van der Waals surface area contributed by atoms with Crippen LogP contribution in [0.5, 0.6) is 0 Å². The summed E-state index contributed by atoms with van der Waals surface area (Å²) in [4.78, 5) is 27.2. The fourth-order valence-electron chi connectivity index (χ4n) is 2.83. The van der Waals surface area contributed by atoms with E-state index in [9.17, 15) is 9.59 Å². The highest BCUT2D eigenvalue weighted by Gasteiger charge is 2.32. The zero-order valence-corrected chi connectivity index (χ0v) is 14.3. The minimum absolute atomic E-state index is 0.188. The Morgan fingerprint density at radius 3 is 2.58 bits per heavy atom. The Labute approximate surface area is 146 Å². The van der Waals surface area contributed by atoms with Gasteiger partial charge in [-0.05, 0) is 48.8 Å². The predicted octanol–water partition coefficient (Wildman–Crippen LogP) is 1.52. The lowest BCUT2D eigenvalue weighted by Gasteiger charge is -2.17. The molecule has 1 amide bonds. The second-order valence-corrected chi connectivity index (χ2v) is 6.13. The number of esters is 1. The van der Waals surface area contributed by atoms with Crippen molar-refractivity contribution >= 4 is 41.0 Å². The number of methoxy groups -OCH3 is 1. The first-order valence-corrected chi connectivity index (χ1v) is 8.25. The van der Waals surface area contributed by atoms with Crippen molar-refractivity contribution in [2.45, 2.75) is 12.8 Å². The van der Waals surface area contributed by atoms with E-state index >= 15 is 0 Å². The molecule has 0 aromatic heterocycles. The molecule has 0 unspecified atom stereocenters. The molecule has 2 heterocycles. The molecule has 0 spiro atoms. The second kappa shape index (κ2) is 7.00. The number of benzene rings is 1. The van der Waals surface area contributed by atoms with Crippen LogP contribution in [0, 0.1) is 0 Å². The average molecular weight is 345 g/mol. The van der Waals surface area contributed by atoms with Gasteiger partial charge in [-0.1, -0.05) is 12.1 Å². The Balaban J connectivity index is 1.72. The molecule has 2 aliphatic rings. The molecule has 2 saturated heterocycles. The maximum Gasteiger partial charge on any atom is 0.325 e. The molecule has 0 atom stereocenters. The lowest BCUT2D eigenvalue weighted by Crippen LogP contribution is -2.35. The van der Waals surface area contributed by atoms with E-state index in [4.69, 9.17) is 12.2 Å². The van der Waals surface area contributed by atoms with Crippen LogP contribution in [0.3, 0.4) is 0 Å². The number of amides is 1. The van der Waals surface area contributed by atoms with Crippen LogP contribution in [-0.4, -0.2) is 48.6 Å². The van der Waals surface area contributed by atoms with Gasteiger partial charge in [0.2, 0.25) is 0 Å². The van der Waals surface area contributed by atoms with Gasteiger partial charge in [0, 0.05) is 18.8 Å². The molecule has 1 aromatic carbocycles. The van der Waals surface area contributed by atoms with E-state index < -0.39 is 5.97 Å². The van der Waals surface area contributed by atoms with Gasteiger partial charge in [0.15, 0.2) is 5.11 Å². The Bertz CT molecular complexity index is 694. The molecule has 2 fully saturated rings. The first-order valence-electron chi connectivity index (χ1n) is 7.85. The molecule has 0 saturated carbocycles. The number of carbonyl (C=O) groups excluding carboxylic acids is 2. The third kappa shape index (κ3) is 3.41. The molecule has 0 radical (unpaired) electrons. The van der Waals surface area contributed by atoms with E-state index in [0.29, 0.717) is 5.70 Å². The van der Waals surface area contributed by atoms with E-state index in [-0.39, 0.29) is 17.6 Å². The van der Waals surface area contributed by atoms with Crippen LogP contribution in [0.4, 0.5) is 5.69 Å². The van der Waals surface area contributed by atoms with E-state index in [1.807, 2.05) is 12.1 Å². The molecule has 2 aliphatic heterocycles.